The molecule has 0 saturated carbocycles. The number of anilines is 3. The molecule has 1 saturated heterocycles. The molecule has 2 N–H and O–H groups in total. The van der Waals surface area contributed by atoms with Crippen LogP contribution >= 0.6 is 0 Å². The fourth-order valence-electron chi connectivity index (χ4n) is 4.04. The van der Waals surface area contributed by atoms with E-state index in [9.17, 15) is 9.90 Å². The minimum Gasteiger partial charge on any atom is -0.465 e. The molecule has 4 heterocycles. The van der Waals surface area contributed by atoms with Gasteiger partial charge in [-0.05, 0) is 25.1 Å². The summed E-state index contributed by atoms with van der Waals surface area (Å²) in [5.41, 5.74) is 2.68. The van der Waals surface area contributed by atoms with Gasteiger partial charge in [0.1, 0.15) is 5.82 Å². The van der Waals surface area contributed by atoms with E-state index in [2.05, 4.69) is 25.2 Å². The number of nitrogens with one attached hydrogen (secondary N) is 1. The van der Waals surface area contributed by atoms with Gasteiger partial charge in [-0.25, -0.2) is 14.5 Å². The van der Waals surface area contributed by atoms with Crippen LogP contribution in [0.2, 0.25) is 0 Å². The summed E-state index contributed by atoms with van der Waals surface area (Å²) in [6.45, 7) is 3.54. The number of hydrogen-bond donors (Lipinski definition) is 2. The second-order valence-corrected chi connectivity index (χ2v) is 7.67. The molecule has 0 bridgehead atoms. The van der Waals surface area contributed by atoms with Crippen molar-refractivity contribution in [1.29, 1.82) is 0 Å². The van der Waals surface area contributed by atoms with Crippen molar-refractivity contribution in [2.75, 3.05) is 29.9 Å². The second-order valence-electron chi connectivity index (χ2n) is 7.67. The Bertz CT molecular complexity index is 1260. The first-order chi connectivity index (χ1) is 15.6. The van der Waals surface area contributed by atoms with E-state index in [1.807, 2.05) is 41.9 Å². The van der Waals surface area contributed by atoms with Gasteiger partial charge in [-0.15, -0.1) is 5.10 Å². The molecular formula is C22H22N8O2. The molecule has 0 unspecified atom stereocenters. The fourth-order valence-corrected chi connectivity index (χ4v) is 4.04. The molecule has 10 heteroatoms. The standard InChI is InChI=1S/C22H22N8O2/c1-15-14-28(22(31)32)8-9-29(15)16-10-17(12-24-11-16)30-19-5-3-2-4-18(19)21(27-30)26-20-13-23-6-7-25-20/h2-7,10-13,15H,8-9,14H2,1H3,(H,31,32)(H,25,26,27)/t15-/m0/s1. The third-order valence-corrected chi connectivity index (χ3v) is 5.58. The number of aromatic nitrogens is 5. The summed E-state index contributed by atoms with van der Waals surface area (Å²) in [5, 5.41) is 18.3. The van der Waals surface area contributed by atoms with E-state index in [1.165, 1.54) is 4.90 Å². The molecule has 1 aliphatic heterocycles. The van der Waals surface area contributed by atoms with Gasteiger partial charge >= 0.3 is 6.09 Å². The summed E-state index contributed by atoms with van der Waals surface area (Å²) in [6, 6.07) is 10.0. The molecule has 32 heavy (non-hydrogen) atoms. The summed E-state index contributed by atoms with van der Waals surface area (Å²) in [6.07, 6.45) is 7.59. The number of amides is 1. The predicted octanol–water partition coefficient (Wildman–Crippen LogP) is 3.14. The number of benzene rings is 1. The molecule has 3 aromatic heterocycles. The lowest BCUT2D eigenvalue weighted by Crippen LogP contribution is -2.53. The maximum Gasteiger partial charge on any atom is 0.407 e. The predicted molar refractivity (Wildman–Crippen MR) is 121 cm³/mol. The van der Waals surface area contributed by atoms with E-state index in [4.69, 9.17) is 5.10 Å². The van der Waals surface area contributed by atoms with E-state index in [1.54, 1.807) is 31.0 Å². The number of rotatable bonds is 4. The lowest BCUT2D eigenvalue weighted by Gasteiger charge is -2.40. The molecule has 1 aromatic carbocycles. The zero-order chi connectivity index (χ0) is 22.1. The second kappa shape index (κ2) is 8.14. The Morgan fingerprint density at radius 1 is 1.09 bits per heavy atom. The van der Waals surface area contributed by atoms with E-state index >= 15 is 0 Å². The molecule has 1 atom stereocenters. The Kier molecular flexibility index (Phi) is 5.02. The Labute approximate surface area is 184 Å². The van der Waals surface area contributed by atoms with Gasteiger partial charge in [-0.1, -0.05) is 12.1 Å². The third-order valence-electron chi connectivity index (χ3n) is 5.58. The van der Waals surface area contributed by atoms with Gasteiger partial charge < -0.3 is 20.2 Å². The SMILES string of the molecule is C[C@H]1CN(C(=O)O)CCN1c1cncc(-n2nc(Nc3cnccn3)c3ccccc32)c1. The number of fused-ring (bicyclic) bond motifs is 1. The van der Waals surface area contributed by atoms with Crippen LogP contribution in [0.25, 0.3) is 16.6 Å². The van der Waals surface area contributed by atoms with Crippen molar-refractivity contribution in [3.8, 4) is 5.69 Å². The highest BCUT2D eigenvalue weighted by Gasteiger charge is 2.27. The maximum absolute atomic E-state index is 11.3. The molecule has 0 aliphatic carbocycles. The van der Waals surface area contributed by atoms with Crippen LogP contribution in [0.3, 0.4) is 0 Å². The van der Waals surface area contributed by atoms with Gasteiger partial charge in [0.2, 0.25) is 0 Å². The zero-order valence-corrected chi connectivity index (χ0v) is 17.5. The van der Waals surface area contributed by atoms with Crippen molar-refractivity contribution >= 4 is 34.3 Å². The van der Waals surface area contributed by atoms with Crippen LogP contribution in [0.1, 0.15) is 6.92 Å². The molecule has 0 spiro atoms. The maximum atomic E-state index is 11.3. The van der Waals surface area contributed by atoms with Crippen molar-refractivity contribution in [1.82, 2.24) is 29.6 Å². The van der Waals surface area contributed by atoms with Crippen LogP contribution in [0.5, 0.6) is 0 Å². The highest BCUT2D eigenvalue weighted by molar-refractivity contribution is 5.92. The molecular weight excluding hydrogens is 408 g/mol. The van der Waals surface area contributed by atoms with Crippen LogP contribution in [0, 0.1) is 0 Å². The van der Waals surface area contributed by atoms with Gasteiger partial charge in [0.25, 0.3) is 0 Å². The smallest absolute Gasteiger partial charge is 0.407 e. The van der Waals surface area contributed by atoms with Crippen molar-refractivity contribution in [3.05, 3.63) is 61.3 Å². The molecule has 162 valence electrons. The highest BCUT2D eigenvalue weighted by Crippen LogP contribution is 2.29. The normalized spacial score (nSPS) is 16.3. The van der Waals surface area contributed by atoms with E-state index < -0.39 is 6.09 Å². The molecule has 1 fully saturated rings. The van der Waals surface area contributed by atoms with Crippen molar-refractivity contribution < 1.29 is 9.90 Å². The van der Waals surface area contributed by atoms with Crippen molar-refractivity contribution in [2.24, 2.45) is 0 Å². The van der Waals surface area contributed by atoms with Crippen LogP contribution in [0.15, 0.2) is 61.3 Å². The number of para-hydroxylation sites is 1. The van der Waals surface area contributed by atoms with Gasteiger partial charge in [-0.2, -0.15) is 0 Å². The van der Waals surface area contributed by atoms with Crippen LogP contribution in [0.4, 0.5) is 22.1 Å². The highest BCUT2D eigenvalue weighted by atomic mass is 16.4. The fraction of sp³-hybridized carbons (Fsp3) is 0.227. The summed E-state index contributed by atoms with van der Waals surface area (Å²) in [7, 11) is 0. The Morgan fingerprint density at radius 2 is 1.94 bits per heavy atom. The number of nitrogens with zero attached hydrogens (tertiary/aromatic N) is 7. The molecule has 1 aliphatic rings. The number of hydrogen-bond acceptors (Lipinski definition) is 7. The lowest BCUT2D eigenvalue weighted by atomic mass is 10.1. The minimum atomic E-state index is -0.880. The third kappa shape index (κ3) is 3.66. The van der Waals surface area contributed by atoms with Crippen molar-refractivity contribution in [2.45, 2.75) is 13.0 Å². The summed E-state index contributed by atoms with van der Waals surface area (Å²) in [4.78, 5) is 27.8. The van der Waals surface area contributed by atoms with Gasteiger partial charge in [0, 0.05) is 43.5 Å². The first kappa shape index (κ1) is 19.7. The average molecular weight is 430 g/mol. The number of pyridine rings is 1. The Morgan fingerprint density at radius 3 is 2.72 bits per heavy atom. The number of carbonyl (C=O) groups is 1. The first-order valence-corrected chi connectivity index (χ1v) is 10.3. The zero-order valence-electron chi connectivity index (χ0n) is 17.5. The first-order valence-electron chi connectivity index (χ1n) is 10.3. The summed E-state index contributed by atoms with van der Waals surface area (Å²) in [5.74, 6) is 1.29. The van der Waals surface area contributed by atoms with Crippen LogP contribution < -0.4 is 10.2 Å². The van der Waals surface area contributed by atoms with Crippen LogP contribution in [-0.4, -0.2) is 66.5 Å². The van der Waals surface area contributed by atoms with Gasteiger partial charge in [0.05, 0.1) is 35.5 Å². The Balaban J connectivity index is 1.49. The van der Waals surface area contributed by atoms with Crippen molar-refractivity contribution in [3.63, 3.8) is 0 Å². The quantitative estimate of drug-likeness (QED) is 0.508. The number of carboxylic acid groups (broad SMARTS) is 1. The number of piperazine rings is 1. The lowest BCUT2D eigenvalue weighted by molar-refractivity contribution is 0.136. The van der Waals surface area contributed by atoms with Gasteiger partial charge in [-0.3, -0.25) is 9.97 Å². The topological polar surface area (TPSA) is 112 Å². The molecule has 1 amide bonds. The summed E-state index contributed by atoms with van der Waals surface area (Å²) < 4.78 is 1.85. The average Bonchev–Trinajstić information content (AvgIpc) is 3.18. The van der Waals surface area contributed by atoms with E-state index in [-0.39, 0.29) is 6.04 Å². The molecule has 0 radical (unpaired) electrons. The summed E-state index contributed by atoms with van der Waals surface area (Å²) >= 11 is 0. The molecule has 4 aromatic rings. The van der Waals surface area contributed by atoms with Gasteiger partial charge in [0.15, 0.2) is 5.82 Å². The minimum absolute atomic E-state index is 0.0418. The molecule has 10 nitrogen and oxygen atoms in total. The largest absolute Gasteiger partial charge is 0.465 e. The van der Waals surface area contributed by atoms with Crippen LogP contribution in [-0.2, 0) is 0 Å². The monoisotopic (exact) mass is 430 g/mol. The van der Waals surface area contributed by atoms with E-state index in [0.29, 0.717) is 31.3 Å². The molecule has 5 rings (SSSR count). The van der Waals surface area contributed by atoms with E-state index in [0.717, 1.165) is 22.3 Å². The Hall–Kier alpha value is -4.21.